The third kappa shape index (κ3) is 23.5. The van der Waals surface area contributed by atoms with Crippen LogP contribution in [0, 0.1) is 6.92 Å². The van der Waals surface area contributed by atoms with Crippen LogP contribution in [0.4, 0.5) is 35.1 Å². The molecule has 0 unspecified atom stereocenters. The topological polar surface area (TPSA) is 234 Å². The van der Waals surface area contributed by atoms with Crippen LogP contribution in [0.5, 0.6) is 87.2 Å². The van der Waals surface area contributed by atoms with Gasteiger partial charge in [-0.25, -0.2) is 75.0 Å². The fraction of sp³-hybridized carbons (Fsp3) is 0.151. The van der Waals surface area contributed by atoms with E-state index in [1.54, 1.807) is 171 Å². The lowest BCUT2D eigenvalue weighted by molar-refractivity contribution is 0.0167. The number of hydrogen-bond donors (Lipinski definition) is 0. The molecular formula is C93H79F8N11O10. The van der Waals surface area contributed by atoms with E-state index in [1.165, 1.54) is 104 Å². The quantitative estimate of drug-likeness (QED) is 0.0484. The van der Waals surface area contributed by atoms with Gasteiger partial charge in [0.25, 0.3) is 24.7 Å². The molecule has 15 rings (SSSR count). The van der Waals surface area contributed by atoms with Crippen molar-refractivity contribution in [2.75, 3.05) is 35.5 Å². The van der Waals surface area contributed by atoms with Crippen LogP contribution in [0.25, 0.3) is 55.6 Å². The average Bonchev–Trinajstić information content (AvgIpc) is 0.853. The highest BCUT2D eigenvalue weighted by molar-refractivity contribution is 5.77. The number of methoxy groups -OCH3 is 5. The molecule has 0 aliphatic rings. The molecular weight excluding hydrogens is 1580 g/mol. The van der Waals surface area contributed by atoms with Gasteiger partial charge in [0.05, 0.1) is 46.7 Å². The van der Waals surface area contributed by atoms with E-state index in [2.05, 4.69) is 61.7 Å². The monoisotopic (exact) mass is 1660 g/mol. The molecule has 0 N–H and O–H groups in total. The van der Waals surface area contributed by atoms with Crippen molar-refractivity contribution in [2.45, 2.75) is 58.8 Å². The van der Waals surface area contributed by atoms with Crippen molar-refractivity contribution in [3.8, 4) is 143 Å². The highest BCUT2D eigenvalue weighted by Gasteiger charge is 2.27. The van der Waals surface area contributed by atoms with Crippen LogP contribution in [0.15, 0.2) is 293 Å². The third-order valence-electron chi connectivity index (χ3n) is 17.9. The molecule has 0 saturated heterocycles. The summed E-state index contributed by atoms with van der Waals surface area (Å²) < 4.78 is 160. The van der Waals surface area contributed by atoms with E-state index in [9.17, 15) is 35.1 Å². The molecule has 0 aliphatic heterocycles. The third-order valence-corrected chi connectivity index (χ3v) is 17.9. The second kappa shape index (κ2) is 42.4. The molecule has 10 heterocycles. The standard InChI is InChI=1S/3C19H16F2N2O2.C18H14F2N2O2.C18H17N3O2/c1-19(20,21)13-7-9-14(10-8-13)25-18-16(6-4-12-23-18)15-5-3-11-22-17(15)24-2;1-19(20,21)13-5-7-14(8-6-13)25-18-15(4-3-10-23-18)16-12-22-11-9-17(16)24-2;1-12-10-13(5-6-14(12)18(20)21)25-19-15(4-3-8-23-19)16-11-22-9-7-17(16)24-2;1-23-16-8-10-21-11-15(16)14-3-2-9-22-18(14)24-13-6-4-12(5-7-13)17(19)20;1-3-13-6-8-14(9-7-13)23-18-15(5-4-10-20-18)16-11-19-12-21-17(16)22-2/h2*3-12H,1-2H3;3-11,18H,1-2H3;2-11,17H,1H3;4-12H,3H2,1-2H3. The first-order valence-electron chi connectivity index (χ1n) is 37.3. The number of rotatable bonds is 25. The van der Waals surface area contributed by atoms with E-state index in [4.69, 9.17) is 47.4 Å². The van der Waals surface area contributed by atoms with Gasteiger partial charge in [-0.05, 0) is 219 Å². The zero-order valence-corrected chi connectivity index (χ0v) is 67.1. The number of aryl methyl sites for hydroxylation is 2. The molecule has 29 heteroatoms. The van der Waals surface area contributed by atoms with Crippen LogP contribution in [0.3, 0.4) is 0 Å². The van der Waals surface area contributed by atoms with Crippen molar-refractivity contribution < 1.29 is 82.5 Å². The Morgan fingerprint density at radius 2 is 0.607 bits per heavy atom. The van der Waals surface area contributed by atoms with Crippen LogP contribution in [-0.4, -0.2) is 90.4 Å². The van der Waals surface area contributed by atoms with Gasteiger partial charge in [-0.3, -0.25) is 15.0 Å². The lowest BCUT2D eigenvalue weighted by atomic mass is 10.1. The fourth-order valence-electron chi connectivity index (χ4n) is 11.7. The van der Waals surface area contributed by atoms with Crippen molar-refractivity contribution in [1.29, 1.82) is 0 Å². The van der Waals surface area contributed by atoms with Crippen molar-refractivity contribution in [3.63, 3.8) is 0 Å². The van der Waals surface area contributed by atoms with Crippen LogP contribution in [-0.2, 0) is 18.3 Å². The van der Waals surface area contributed by atoms with Gasteiger partial charge in [0.1, 0.15) is 52.3 Å². The van der Waals surface area contributed by atoms with Gasteiger partial charge in [-0.15, -0.1) is 0 Å². The van der Waals surface area contributed by atoms with Crippen LogP contribution >= 0.6 is 0 Å². The van der Waals surface area contributed by atoms with Crippen molar-refractivity contribution in [1.82, 2.24) is 54.8 Å². The maximum Gasteiger partial charge on any atom is 0.270 e. The molecule has 15 aromatic rings. The zero-order valence-electron chi connectivity index (χ0n) is 67.1. The molecule has 0 amide bonds. The Kier molecular flexibility index (Phi) is 30.5. The predicted octanol–water partition coefficient (Wildman–Crippen LogP) is 24.1. The van der Waals surface area contributed by atoms with Crippen molar-refractivity contribution >= 4 is 0 Å². The molecule has 0 aliphatic carbocycles. The molecule has 122 heavy (non-hydrogen) atoms. The van der Waals surface area contributed by atoms with Gasteiger partial charge in [0, 0.05) is 161 Å². The maximum atomic E-state index is 13.3. The summed E-state index contributed by atoms with van der Waals surface area (Å²) in [7, 11) is 7.82. The fourth-order valence-corrected chi connectivity index (χ4v) is 11.7. The minimum Gasteiger partial charge on any atom is -0.496 e. The summed E-state index contributed by atoms with van der Waals surface area (Å²) in [5.74, 6) is 1.32. The van der Waals surface area contributed by atoms with Gasteiger partial charge in [0.2, 0.25) is 41.2 Å². The zero-order chi connectivity index (χ0) is 86.6. The minimum atomic E-state index is -2.89. The van der Waals surface area contributed by atoms with Crippen LogP contribution < -0.4 is 47.4 Å². The summed E-state index contributed by atoms with van der Waals surface area (Å²) in [5.41, 5.74) is 8.72. The van der Waals surface area contributed by atoms with E-state index in [0.29, 0.717) is 109 Å². The number of benzene rings is 5. The summed E-state index contributed by atoms with van der Waals surface area (Å²) >= 11 is 0. The number of hydrogen-bond acceptors (Lipinski definition) is 21. The van der Waals surface area contributed by atoms with Crippen LogP contribution in [0.1, 0.15) is 67.0 Å². The predicted molar refractivity (Wildman–Crippen MR) is 444 cm³/mol. The number of alkyl halides is 8. The first kappa shape index (κ1) is 87.8. The Hall–Kier alpha value is -15.0. The first-order chi connectivity index (χ1) is 59.1. The summed E-state index contributed by atoms with van der Waals surface area (Å²) in [6.07, 6.45) is 18.7. The minimum absolute atomic E-state index is 0.0116. The molecule has 0 spiro atoms. The lowest BCUT2D eigenvalue weighted by Crippen LogP contribution is -2.06. The van der Waals surface area contributed by atoms with Crippen molar-refractivity contribution in [2.24, 2.45) is 0 Å². The first-order valence-corrected chi connectivity index (χ1v) is 37.3. The number of halogens is 8. The number of nitrogens with zero attached hydrogens (tertiary/aromatic N) is 11. The molecule has 10 aromatic heterocycles. The summed E-state index contributed by atoms with van der Waals surface area (Å²) in [6.45, 7) is 5.45. The molecule has 0 fully saturated rings. The van der Waals surface area contributed by atoms with Gasteiger partial charge in [-0.1, -0.05) is 19.1 Å². The molecule has 0 radical (unpaired) electrons. The Morgan fingerprint density at radius 1 is 0.303 bits per heavy atom. The van der Waals surface area contributed by atoms with E-state index < -0.39 is 24.7 Å². The van der Waals surface area contributed by atoms with E-state index in [0.717, 1.165) is 59.4 Å². The lowest BCUT2D eigenvalue weighted by Gasteiger charge is -2.14. The Morgan fingerprint density at radius 3 is 0.934 bits per heavy atom. The maximum absolute atomic E-state index is 13.3. The Bertz CT molecular complexity index is 5740. The Labute approximate surface area is 697 Å². The summed E-state index contributed by atoms with van der Waals surface area (Å²) in [5, 5.41) is 0. The molecule has 0 atom stereocenters. The number of ether oxygens (including phenoxy) is 10. The van der Waals surface area contributed by atoms with Gasteiger partial charge in [-0.2, -0.15) is 0 Å². The number of pyridine rings is 9. The average molecular weight is 1660 g/mol. The molecule has 0 saturated carbocycles. The highest BCUT2D eigenvalue weighted by atomic mass is 19.3. The van der Waals surface area contributed by atoms with E-state index in [-0.39, 0.29) is 22.3 Å². The SMILES string of the molecule is CCc1ccc(Oc2ncccc2-c2cncnc2OC)cc1.COc1ccncc1-c1cccnc1Oc1ccc(C(C)(F)F)cc1.COc1ccncc1-c1cccnc1Oc1ccc(C(F)F)c(C)c1.COc1ccncc1-c1cccnc1Oc1ccc(C(F)F)cc1.COc1ncccc1-c1cccnc1Oc1ccc(C(C)(F)F)cc1. The second-order valence-corrected chi connectivity index (χ2v) is 26.0. The molecule has 622 valence electrons. The number of aromatic nitrogens is 11. The molecule has 5 aromatic carbocycles. The normalized spacial score (nSPS) is 10.8. The molecule has 0 bridgehead atoms. The highest BCUT2D eigenvalue weighted by Crippen LogP contribution is 2.43. The second-order valence-electron chi connectivity index (χ2n) is 26.0. The summed E-state index contributed by atoms with van der Waals surface area (Å²) in [4.78, 5) is 46.0. The van der Waals surface area contributed by atoms with Gasteiger partial charge >= 0.3 is 0 Å². The largest absolute Gasteiger partial charge is 0.496 e. The van der Waals surface area contributed by atoms with Crippen LogP contribution in [0.2, 0.25) is 0 Å². The summed E-state index contributed by atoms with van der Waals surface area (Å²) in [6, 6.07) is 56.4. The molecule has 21 nitrogen and oxygen atoms in total. The smallest absolute Gasteiger partial charge is 0.270 e. The van der Waals surface area contributed by atoms with Gasteiger partial charge in [0.15, 0.2) is 0 Å². The van der Waals surface area contributed by atoms with E-state index in [1.807, 2.05) is 66.7 Å². The Balaban J connectivity index is 0.000000149. The van der Waals surface area contributed by atoms with Gasteiger partial charge < -0.3 is 47.4 Å². The van der Waals surface area contributed by atoms with Crippen molar-refractivity contribution in [3.05, 3.63) is 327 Å². The van der Waals surface area contributed by atoms with E-state index >= 15 is 0 Å².